The highest BCUT2D eigenvalue weighted by Gasteiger charge is 2.20. The van der Waals surface area contributed by atoms with Gasteiger partial charge in [0.05, 0.1) is 0 Å². The molecule has 0 aliphatic rings. The Balaban J connectivity index is 1.53. The molecule has 0 saturated heterocycles. The average Bonchev–Trinajstić information content (AvgIpc) is 3.31. The van der Waals surface area contributed by atoms with Crippen molar-refractivity contribution in [3.8, 4) is 28.8 Å². The van der Waals surface area contributed by atoms with E-state index < -0.39 is 6.10 Å². The zero-order valence-corrected chi connectivity index (χ0v) is 15.3. The summed E-state index contributed by atoms with van der Waals surface area (Å²) < 4.78 is 12.9. The first kappa shape index (κ1) is 17.2. The Morgan fingerprint density at radius 3 is 2.70 bits per heavy atom. The van der Waals surface area contributed by atoms with Gasteiger partial charge in [0.25, 0.3) is 5.89 Å². The van der Waals surface area contributed by atoms with Crippen LogP contribution < -0.4 is 4.74 Å². The molecule has 27 heavy (non-hydrogen) atoms. The molecule has 4 rings (SSSR count). The fraction of sp³-hybridized carbons (Fsp3) is 0.167. The lowest BCUT2D eigenvalue weighted by Gasteiger charge is -2.09. The van der Waals surface area contributed by atoms with Crippen LogP contribution in [-0.4, -0.2) is 29.9 Å². The van der Waals surface area contributed by atoms with Crippen LogP contribution in [0, 0.1) is 0 Å². The predicted molar refractivity (Wildman–Crippen MR) is 98.0 cm³/mol. The Morgan fingerprint density at radius 2 is 1.93 bits per heavy atom. The van der Waals surface area contributed by atoms with Crippen molar-refractivity contribution < 1.29 is 9.26 Å². The smallest absolute Gasteiger partial charge is 0.317 e. The first-order valence-corrected chi connectivity index (χ1v) is 8.55. The molecule has 1 atom stereocenters. The third-order valence-corrected chi connectivity index (χ3v) is 4.16. The van der Waals surface area contributed by atoms with Crippen molar-refractivity contribution in [1.29, 1.82) is 0 Å². The fourth-order valence-electron chi connectivity index (χ4n) is 2.52. The monoisotopic (exact) mass is 382 g/mol. The van der Waals surface area contributed by atoms with Gasteiger partial charge in [-0.3, -0.25) is 9.55 Å². The maximum Gasteiger partial charge on any atom is 0.317 e. The number of nitrogens with zero attached hydrogens (tertiary/aromatic N) is 6. The van der Waals surface area contributed by atoms with Gasteiger partial charge in [0.15, 0.2) is 11.9 Å². The van der Waals surface area contributed by atoms with Gasteiger partial charge in [0, 0.05) is 35.6 Å². The van der Waals surface area contributed by atoms with Gasteiger partial charge in [0.2, 0.25) is 5.82 Å². The van der Waals surface area contributed by atoms with E-state index in [9.17, 15) is 0 Å². The third-order valence-electron chi connectivity index (χ3n) is 3.93. The zero-order chi connectivity index (χ0) is 18.8. The summed E-state index contributed by atoms with van der Waals surface area (Å²) >= 11 is 6.01. The zero-order valence-electron chi connectivity index (χ0n) is 14.6. The van der Waals surface area contributed by atoms with E-state index in [0.29, 0.717) is 28.6 Å². The molecule has 0 N–H and O–H groups in total. The largest absolute Gasteiger partial charge is 0.450 e. The van der Waals surface area contributed by atoms with Crippen molar-refractivity contribution in [3.63, 3.8) is 0 Å². The van der Waals surface area contributed by atoms with Crippen molar-refractivity contribution in [2.24, 2.45) is 7.05 Å². The van der Waals surface area contributed by atoms with E-state index in [2.05, 4.69) is 25.3 Å². The molecule has 3 aromatic heterocycles. The highest BCUT2D eigenvalue weighted by molar-refractivity contribution is 6.30. The van der Waals surface area contributed by atoms with Crippen LogP contribution in [0.2, 0.25) is 5.02 Å². The Morgan fingerprint density at radius 1 is 1.11 bits per heavy atom. The van der Waals surface area contributed by atoms with Gasteiger partial charge in [-0.2, -0.15) is 4.98 Å². The van der Waals surface area contributed by atoms with Gasteiger partial charge >= 0.3 is 6.01 Å². The topological polar surface area (TPSA) is 91.8 Å². The third kappa shape index (κ3) is 3.52. The number of benzene rings is 1. The van der Waals surface area contributed by atoms with Crippen LogP contribution in [-0.2, 0) is 7.05 Å². The molecule has 136 valence electrons. The minimum Gasteiger partial charge on any atom is -0.450 e. The summed E-state index contributed by atoms with van der Waals surface area (Å²) in [5.74, 6) is 1.45. The molecule has 1 aromatic carbocycles. The lowest BCUT2D eigenvalue weighted by Crippen LogP contribution is -2.07. The molecule has 0 aliphatic carbocycles. The second kappa shape index (κ2) is 7.16. The summed E-state index contributed by atoms with van der Waals surface area (Å²) in [6.45, 7) is 1.80. The number of halogens is 1. The van der Waals surface area contributed by atoms with Crippen LogP contribution >= 0.6 is 11.6 Å². The van der Waals surface area contributed by atoms with Crippen LogP contribution in [0.25, 0.3) is 22.8 Å². The van der Waals surface area contributed by atoms with E-state index >= 15 is 0 Å². The Hall–Kier alpha value is -3.26. The van der Waals surface area contributed by atoms with Crippen LogP contribution in [0.5, 0.6) is 6.01 Å². The molecule has 0 bridgehead atoms. The van der Waals surface area contributed by atoms with Gasteiger partial charge < -0.3 is 9.26 Å². The molecule has 0 fully saturated rings. The van der Waals surface area contributed by atoms with E-state index in [0.717, 1.165) is 11.1 Å². The maximum absolute atomic E-state index is 6.01. The summed E-state index contributed by atoms with van der Waals surface area (Å²) in [5.41, 5.74) is 1.66. The van der Waals surface area contributed by atoms with E-state index in [1.807, 2.05) is 31.3 Å². The van der Waals surface area contributed by atoms with Crippen molar-refractivity contribution in [3.05, 3.63) is 59.7 Å². The summed E-state index contributed by atoms with van der Waals surface area (Å²) in [5, 5.41) is 12.9. The van der Waals surface area contributed by atoms with Crippen molar-refractivity contribution in [2.75, 3.05) is 0 Å². The molecule has 9 heteroatoms. The highest BCUT2D eigenvalue weighted by atomic mass is 35.5. The normalized spacial score (nSPS) is 12.1. The molecule has 0 saturated carbocycles. The van der Waals surface area contributed by atoms with Crippen LogP contribution in [0.15, 0.2) is 53.3 Å². The number of hydrogen-bond donors (Lipinski definition) is 0. The SMILES string of the molecule is CC(Oc1nnc(-c2ccncc2)n1C)c1nc(-c2cccc(Cl)c2)no1. The summed E-state index contributed by atoms with van der Waals surface area (Å²) in [4.78, 5) is 8.39. The lowest BCUT2D eigenvalue weighted by atomic mass is 10.2. The Kier molecular flexibility index (Phi) is 4.55. The molecule has 4 aromatic rings. The molecule has 3 heterocycles. The van der Waals surface area contributed by atoms with Gasteiger partial charge in [0.1, 0.15) is 0 Å². The quantitative estimate of drug-likeness (QED) is 0.519. The number of ether oxygens (including phenoxy) is 1. The van der Waals surface area contributed by atoms with E-state index in [-0.39, 0.29) is 0 Å². The van der Waals surface area contributed by atoms with Gasteiger partial charge in [-0.15, -0.1) is 5.10 Å². The average molecular weight is 383 g/mol. The summed E-state index contributed by atoms with van der Waals surface area (Å²) in [6, 6.07) is 11.3. The first-order valence-electron chi connectivity index (χ1n) is 8.18. The molecule has 1 unspecified atom stereocenters. The van der Waals surface area contributed by atoms with E-state index in [1.165, 1.54) is 0 Å². The van der Waals surface area contributed by atoms with Crippen LogP contribution in [0.1, 0.15) is 18.9 Å². The van der Waals surface area contributed by atoms with E-state index in [4.69, 9.17) is 20.9 Å². The lowest BCUT2D eigenvalue weighted by molar-refractivity contribution is 0.157. The number of hydrogen-bond acceptors (Lipinski definition) is 7. The van der Waals surface area contributed by atoms with Gasteiger partial charge in [-0.1, -0.05) is 34.0 Å². The van der Waals surface area contributed by atoms with E-state index in [1.54, 1.807) is 36.0 Å². The standard InChI is InChI=1S/C18H15ClN6O2/c1-11(17-21-15(24-27-17)13-4-3-5-14(19)10-13)26-18-23-22-16(25(18)2)12-6-8-20-9-7-12/h3-11H,1-2H3. The van der Waals surface area contributed by atoms with Crippen LogP contribution in [0.3, 0.4) is 0 Å². The molecule has 0 radical (unpaired) electrons. The number of pyridine rings is 1. The predicted octanol–water partition coefficient (Wildman–Crippen LogP) is 3.72. The molecule has 0 aliphatic heterocycles. The van der Waals surface area contributed by atoms with Gasteiger partial charge in [-0.05, 0) is 31.2 Å². The first-order chi connectivity index (χ1) is 13.1. The minimum atomic E-state index is -0.501. The molecule has 0 amide bonds. The molecular weight excluding hydrogens is 368 g/mol. The highest BCUT2D eigenvalue weighted by Crippen LogP contribution is 2.25. The number of aromatic nitrogens is 6. The van der Waals surface area contributed by atoms with Crippen molar-refractivity contribution in [1.82, 2.24) is 29.9 Å². The second-order valence-electron chi connectivity index (χ2n) is 5.83. The Labute approximate surface area is 159 Å². The van der Waals surface area contributed by atoms with Crippen LogP contribution in [0.4, 0.5) is 0 Å². The second-order valence-corrected chi connectivity index (χ2v) is 6.26. The Bertz CT molecular complexity index is 1060. The molecule has 0 spiro atoms. The summed E-state index contributed by atoms with van der Waals surface area (Å²) in [7, 11) is 1.82. The molecular formula is C18H15ClN6O2. The van der Waals surface area contributed by atoms with Gasteiger partial charge in [-0.25, -0.2) is 0 Å². The fourth-order valence-corrected chi connectivity index (χ4v) is 2.71. The van der Waals surface area contributed by atoms with Crippen molar-refractivity contribution in [2.45, 2.75) is 13.0 Å². The molecule has 8 nitrogen and oxygen atoms in total. The minimum absolute atomic E-state index is 0.332. The number of rotatable bonds is 5. The van der Waals surface area contributed by atoms with Crippen molar-refractivity contribution >= 4 is 11.6 Å². The maximum atomic E-state index is 6.01. The summed E-state index contributed by atoms with van der Waals surface area (Å²) in [6.07, 6.45) is 2.89.